The Morgan fingerprint density at radius 2 is 2.36 bits per heavy atom. The largest absolute Gasteiger partial charge is 0.337 e. The molecule has 0 saturated carbocycles. The van der Waals surface area contributed by atoms with E-state index in [0.29, 0.717) is 17.3 Å². The molecule has 3 aromatic rings. The highest BCUT2D eigenvalue weighted by molar-refractivity contribution is 7.05. The minimum atomic E-state index is -0.00343. The molecule has 3 aromatic heterocycles. The van der Waals surface area contributed by atoms with E-state index in [2.05, 4.69) is 31.8 Å². The summed E-state index contributed by atoms with van der Waals surface area (Å²) in [6, 6.07) is 5.98. The summed E-state index contributed by atoms with van der Waals surface area (Å²) in [4.78, 5) is 18.5. The summed E-state index contributed by atoms with van der Waals surface area (Å²) in [7, 11) is 2.11. The van der Waals surface area contributed by atoms with Gasteiger partial charge in [0.15, 0.2) is 5.65 Å². The summed E-state index contributed by atoms with van der Waals surface area (Å²) < 4.78 is 5.69. The molecule has 1 amide bonds. The van der Waals surface area contributed by atoms with Gasteiger partial charge in [-0.1, -0.05) is 0 Å². The molecule has 1 aliphatic heterocycles. The Hall–Kier alpha value is -2.39. The summed E-state index contributed by atoms with van der Waals surface area (Å²) in [5, 5.41) is 11.5. The highest BCUT2D eigenvalue weighted by atomic mass is 32.1. The first-order valence-corrected chi connectivity index (χ1v) is 9.05. The van der Waals surface area contributed by atoms with Crippen molar-refractivity contribution in [2.24, 2.45) is 0 Å². The maximum atomic E-state index is 13.0. The second kappa shape index (κ2) is 6.85. The zero-order valence-corrected chi connectivity index (χ0v) is 14.8. The van der Waals surface area contributed by atoms with Crippen LogP contribution in [0.4, 0.5) is 0 Å². The zero-order chi connectivity index (χ0) is 17.2. The molecule has 4 heterocycles. The zero-order valence-electron chi connectivity index (χ0n) is 13.9. The van der Waals surface area contributed by atoms with E-state index in [0.717, 1.165) is 32.5 Å². The normalized spacial score (nSPS) is 18.2. The Morgan fingerprint density at radius 3 is 3.20 bits per heavy atom. The summed E-state index contributed by atoms with van der Waals surface area (Å²) in [5.74, 6) is -0.00343. The topological polar surface area (TPSA) is 79.5 Å². The van der Waals surface area contributed by atoms with Gasteiger partial charge in [-0.25, -0.2) is 4.37 Å². The number of fused-ring (bicyclic) bond motifs is 1. The molecule has 1 atom stereocenters. The van der Waals surface area contributed by atoms with Crippen molar-refractivity contribution in [3.8, 4) is 0 Å². The molecule has 130 valence electrons. The molecule has 8 nitrogen and oxygen atoms in total. The second-order valence-corrected chi connectivity index (χ2v) is 7.23. The van der Waals surface area contributed by atoms with Crippen LogP contribution in [0, 0.1) is 0 Å². The van der Waals surface area contributed by atoms with Crippen molar-refractivity contribution < 1.29 is 4.79 Å². The number of amides is 1. The molecule has 0 radical (unpaired) electrons. The number of hydrogen-bond donors (Lipinski definition) is 0. The van der Waals surface area contributed by atoms with E-state index in [9.17, 15) is 4.79 Å². The van der Waals surface area contributed by atoms with Gasteiger partial charge in [0.25, 0.3) is 5.91 Å². The lowest BCUT2D eigenvalue weighted by atomic mass is 10.0. The minimum absolute atomic E-state index is 0.00343. The SMILES string of the molecule is CN(Cc1ccns1)C1CCCN(C(=O)c2cccn3nnnc23)C1. The fraction of sp³-hybridized carbons (Fsp3) is 0.438. The average molecular weight is 357 g/mol. The third-order valence-corrected chi connectivity index (χ3v) is 5.38. The van der Waals surface area contributed by atoms with Gasteiger partial charge in [0.2, 0.25) is 0 Å². The number of tetrazole rings is 1. The lowest BCUT2D eigenvalue weighted by Gasteiger charge is -2.37. The number of pyridine rings is 1. The molecule has 1 saturated heterocycles. The van der Waals surface area contributed by atoms with Crippen LogP contribution in [0.15, 0.2) is 30.6 Å². The predicted molar refractivity (Wildman–Crippen MR) is 93.3 cm³/mol. The smallest absolute Gasteiger partial charge is 0.257 e. The van der Waals surface area contributed by atoms with Crippen LogP contribution in [-0.2, 0) is 6.54 Å². The molecule has 25 heavy (non-hydrogen) atoms. The maximum absolute atomic E-state index is 13.0. The van der Waals surface area contributed by atoms with Crippen LogP contribution in [0.2, 0.25) is 0 Å². The van der Waals surface area contributed by atoms with Crippen molar-refractivity contribution in [1.29, 1.82) is 0 Å². The van der Waals surface area contributed by atoms with Gasteiger partial charge in [-0.05, 0) is 60.0 Å². The summed E-state index contributed by atoms with van der Waals surface area (Å²) in [6.07, 6.45) is 5.67. The van der Waals surface area contributed by atoms with Crippen LogP contribution in [0.1, 0.15) is 28.1 Å². The predicted octanol–water partition coefficient (Wildman–Crippen LogP) is 1.32. The van der Waals surface area contributed by atoms with Gasteiger partial charge in [-0.2, -0.15) is 4.52 Å². The Kier molecular flexibility index (Phi) is 4.41. The number of aromatic nitrogens is 5. The summed E-state index contributed by atoms with van der Waals surface area (Å²) in [5.41, 5.74) is 1.06. The standard InChI is InChI=1S/C16H19N7OS/c1-21(11-13-6-7-17-25-13)12-4-2-8-22(10-12)16(24)14-5-3-9-23-15(14)18-19-20-23/h3,5-7,9,12H,2,4,8,10-11H2,1H3. The quantitative estimate of drug-likeness (QED) is 0.701. The molecular weight excluding hydrogens is 338 g/mol. The Morgan fingerprint density at radius 1 is 1.44 bits per heavy atom. The molecule has 1 unspecified atom stereocenters. The van der Waals surface area contributed by atoms with E-state index in [1.54, 1.807) is 18.3 Å². The summed E-state index contributed by atoms with van der Waals surface area (Å²) >= 11 is 1.52. The maximum Gasteiger partial charge on any atom is 0.257 e. The lowest BCUT2D eigenvalue weighted by molar-refractivity contribution is 0.0604. The van der Waals surface area contributed by atoms with Gasteiger partial charge in [0, 0.05) is 42.9 Å². The van der Waals surface area contributed by atoms with Crippen molar-refractivity contribution in [3.05, 3.63) is 41.0 Å². The van der Waals surface area contributed by atoms with Crippen LogP contribution < -0.4 is 0 Å². The number of carbonyl (C=O) groups excluding carboxylic acids is 1. The highest BCUT2D eigenvalue weighted by Gasteiger charge is 2.28. The number of hydrogen-bond acceptors (Lipinski definition) is 7. The molecular formula is C16H19N7OS. The van der Waals surface area contributed by atoms with E-state index in [1.807, 2.05) is 17.2 Å². The minimum Gasteiger partial charge on any atom is -0.337 e. The van der Waals surface area contributed by atoms with E-state index in [4.69, 9.17) is 0 Å². The van der Waals surface area contributed by atoms with Crippen molar-refractivity contribution in [2.75, 3.05) is 20.1 Å². The van der Waals surface area contributed by atoms with E-state index in [-0.39, 0.29) is 5.91 Å². The molecule has 0 spiro atoms. The molecule has 1 aliphatic rings. The Bertz CT molecular complexity index is 862. The first-order valence-electron chi connectivity index (χ1n) is 8.28. The molecule has 9 heteroatoms. The third-order valence-electron chi connectivity index (χ3n) is 4.66. The van der Waals surface area contributed by atoms with Gasteiger partial charge in [0.05, 0.1) is 5.56 Å². The molecule has 0 aromatic carbocycles. The van der Waals surface area contributed by atoms with E-state index < -0.39 is 0 Å². The molecule has 4 rings (SSSR count). The molecule has 1 fully saturated rings. The van der Waals surface area contributed by atoms with E-state index in [1.165, 1.54) is 20.9 Å². The number of rotatable bonds is 4. The number of likely N-dealkylation sites (tertiary alicyclic amines) is 1. The molecule has 0 aliphatic carbocycles. The Balaban J connectivity index is 1.49. The van der Waals surface area contributed by atoms with Crippen LogP contribution in [0.5, 0.6) is 0 Å². The third kappa shape index (κ3) is 3.24. The number of piperidine rings is 1. The van der Waals surface area contributed by atoms with Gasteiger partial charge in [-0.15, -0.1) is 5.10 Å². The molecule has 0 N–H and O–H groups in total. The second-order valence-electron chi connectivity index (χ2n) is 6.31. The number of likely N-dealkylation sites (N-methyl/N-ethyl adjacent to an activating group) is 1. The first-order chi connectivity index (χ1) is 12.2. The van der Waals surface area contributed by atoms with Gasteiger partial charge < -0.3 is 4.90 Å². The highest BCUT2D eigenvalue weighted by Crippen LogP contribution is 2.20. The van der Waals surface area contributed by atoms with Crippen LogP contribution >= 0.6 is 11.5 Å². The van der Waals surface area contributed by atoms with E-state index >= 15 is 0 Å². The molecule has 0 bridgehead atoms. The monoisotopic (exact) mass is 357 g/mol. The van der Waals surface area contributed by atoms with Crippen molar-refractivity contribution in [1.82, 2.24) is 34.2 Å². The van der Waals surface area contributed by atoms with Crippen LogP contribution in [0.25, 0.3) is 5.65 Å². The fourth-order valence-corrected chi connectivity index (χ4v) is 3.94. The van der Waals surface area contributed by atoms with Gasteiger partial charge in [0.1, 0.15) is 0 Å². The average Bonchev–Trinajstić information content (AvgIpc) is 3.32. The van der Waals surface area contributed by atoms with Gasteiger partial charge >= 0.3 is 0 Å². The Labute approximate surface area is 149 Å². The van der Waals surface area contributed by atoms with Crippen molar-refractivity contribution >= 4 is 23.1 Å². The van der Waals surface area contributed by atoms with Crippen molar-refractivity contribution in [3.63, 3.8) is 0 Å². The lowest BCUT2D eigenvalue weighted by Crippen LogP contribution is -2.48. The fourth-order valence-electron chi connectivity index (χ4n) is 3.30. The van der Waals surface area contributed by atoms with Gasteiger partial charge in [-0.3, -0.25) is 9.69 Å². The van der Waals surface area contributed by atoms with Crippen molar-refractivity contribution in [2.45, 2.75) is 25.4 Å². The van der Waals surface area contributed by atoms with Crippen LogP contribution in [-0.4, -0.2) is 66.3 Å². The number of carbonyl (C=O) groups is 1. The first kappa shape index (κ1) is 16.1. The van der Waals surface area contributed by atoms with Crippen LogP contribution in [0.3, 0.4) is 0 Å². The summed E-state index contributed by atoms with van der Waals surface area (Å²) in [6.45, 7) is 2.35. The number of nitrogens with zero attached hydrogens (tertiary/aromatic N) is 7.